The van der Waals surface area contributed by atoms with Crippen LogP contribution in [0.2, 0.25) is 0 Å². The van der Waals surface area contributed by atoms with Crippen molar-refractivity contribution in [2.75, 3.05) is 33.9 Å². The Labute approximate surface area is 170 Å². The Kier molecular flexibility index (Phi) is 7.48. The number of amides is 1. The number of carbonyl (C=O) groups excluding carboxylic acids is 1. The minimum atomic E-state index is -0.435. The lowest BCUT2D eigenvalue weighted by Gasteiger charge is -2.37. The number of benzene rings is 1. The Bertz CT molecular complexity index is 730. The van der Waals surface area contributed by atoms with E-state index in [4.69, 9.17) is 9.47 Å². The number of rotatable bonds is 7. The molecule has 1 heterocycles. The highest BCUT2D eigenvalue weighted by molar-refractivity contribution is 5.85. The molecule has 0 aromatic heterocycles. The van der Waals surface area contributed by atoms with Gasteiger partial charge in [-0.2, -0.15) is 0 Å². The van der Waals surface area contributed by atoms with Gasteiger partial charge < -0.3 is 20.1 Å². The lowest BCUT2D eigenvalue weighted by atomic mass is 9.67. The summed E-state index contributed by atoms with van der Waals surface area (Å²) in [4.78, 5) is 23.9. The van der Waals surface area contributed by atoms with Gasteiger partial charge >= 0.3 is 0 Å². The molecule has 1 aromatic rings. The normalized spacial score (nSPS) is 23.3. The van der Waals surface area contributed by atoms with Crippen LogP contribution in [0.15, 0.2) is 12.1 Å². The number of methoxy groups -OCH3 is 2. The summed E-state index contributed by atoms with van der Waals surface area (Å²) in [6, 6.07) is 2.98. The average molecular weight is 414 g/mol. The summed E-state index contributed by atoms with van der Waals surface area (Å²) in [6.07, 6.45) is 4.61. The average Bonchev–Trinajstić information content (AvgIpc) is 3.12. The number of nitrogens with one attached hydrogen (secondary N) is 2. The minimum Gasteiger partial charge on any atom is -0.493 e. The van der Waals surface area contributed by atoms with E-state index in [1.807, 2.05) is 0 Å². The summed E-state index contributed by atoms with van der Waals surface area (Å²) in [6.45, 7) is 1.97. The first-order chi connectivity index (χ1) is 13.0. The third-order valence-corrected chi connectivity index (χ3v) is 5.95. The third kappa shape index (κ3) is 4.17. The molecule has 1 aliphatic heterocycles. The van der Waals surface area contributed by atoms with Crippen LogP contribution < -0.4 is 20.1 Å². The lowest BCUT2D eigenvalue weighted by Crippen LogP contribution is -2.48. The number of nitro groups is 1. The van der Waals surface area contributed by atoms with E-state index >= 15 is 0 Å². The van der Waals surface area contributed by atoms with Crippen molar-refractivity contribution in [1.29, 1.82) is 0 Å². The van der Waals surface area contributed by atoms with E-state index in [1.54, 1.807) is 6.07 Å². The highest BCUT2D eigenvalue weighted by atomic mass is 35.5. The van der Waals surface area contributed by atoms with Crippen molar-refractivity contribution < 1.29 is 19.2 Å². The monoisotopic (exact) mass is 413 g/mol. The van der Waals surface area contributed by atoms with Gasteiger partial charge in [-0.1, -0.05) is 12.8 Å². The van der Waals surface area contributed by atoms with Gasteiger partial charge in [0.25, 0.3) is 5.69 Å². The van der Waals surface area contributed by atoms with Crippen LogP contribution in [0, 0.1) is 21.4 Å². The SMILES string of the molecule is COc1cc(CCNC(=O)[C@@]23CCCC[C@H]2CNC3)c([N+](=O)[O-])cc1OC.Cl. The van der Waals surface area contributed by atoms with Crippen molar-refractivity contribution in [3.05, 3.63) is 27.8 Å². The van der Waals surface area contributed by atoms with Gasteiger partial charge in [0.2, 0.25) is 5.91 Å². The van der Waals surface area contributed by atoms with Gasteiger partial charge in [0.15, 0.2) is 11.5 Å². The summed E-state index contributed by atoms with van der Waals surface area (Å²) < 4.78 is 10.4. The zero-order valence-corrected chi connectivity index (χ0v) is 17.1. The molecule has 0 bridgehead atoms. The Morgan fingerprint density at radius 1 is 1.32 bits per heavy atom. The summed E-state index contributed by atoms with van der Waals surface area (Å²) in [5, 5.41) is 17.8. The molecule has 1 saturated carbocycles. The second-order valence-corrected chi connectivity index (χ2v) is 7.33. The molecule has 156 valence electrons. The van der Waals surface area contributed by atoms with E-state index in [2.05, 4.69) is 10.6 Å². The van der Waals surface area contributed by atoms with Gasteiger partial charge in [0.1, 0.15) is 0 Å². The molecule has 1 aromatic carbocycles. The maximum absolute atomic E-state index is 12.9. The van der Waals surface area contributed by atoms with Crippen molar-refractivity contribution in [3.8, 4) is 11.5 Å². The number of hydrogen-bond acceptors (Lipinski definition) is 6. The molecule has 2 atom stereocenters. The van der Waals surface area contributed by atoms with Crippen LogP contribution >= 0.6 is 12.4 Å². The molecule has 2 N–H and O–H groups in total. The summed E-state index contributed by atoms with van der Waals surface area (Å²) in [5.74, 6) is 1.22. The molecule has 0 radical (unpaired) electrons. The summed E-state index contributed by atoms with van der Waals surface area (Å²) >= 11 is 0. The Hall–Kier alpha value is -2.06. The van der Waals surface area contributed by atoms with Crippen LogP contribution in [0.25, 0.3) is 0 Å². The fraction of sp³-hybridized carbons (Fsp3) is 0.632. The molecule has 3 rings (SSSR count). The lowest BCUT2D eigenvalue weighted by molar-refractivity contribution is -0.385. The zero-order valence-electron chi connectivity index (χ0n) is 16.3. The van der Waals surface area contributed by atoms with Crippen LogP contribution in [0.4, 0.5) is 5.69 Å². The zero-order chi connectivity index (χ0) is 19.4. The number of carbonyl (C=O) groups is 1. The first-order valence-electron chi connectivity index (χ1n) is 9.40. The van der Waals surface area contributed by atoms with Gasteiger partial charge in [0, 0.05) is 18.7 Å². The number of nitrogens with zero attached hydrogens (tertiary/aromatic N) is 1. The van der Waals surface area contributed by atoms with Crippen molar-refractivity contribution in [2.45, 2.75) is 32.1 Å². The summed E-state index contributed by atoms with van der Waals surface area (Å²) in [7, 11) is 2.93. The van der Waals surface area contributed by atoms with Crippen LogP contribution in [-0.4, -0.2) is 44.7 Å². The topological polar surface area (TPSA) is 103 Å². The number of ether oxygens (including phenoxy) is 2. The second-order valence-electron chi connectivity index (χ2n) is 7.33. The van der Waals surface area contributed by atoms with Gasteiger partial charge in [-0.25, -0.2) is 0 Å². The predicted molar refractivity (Wildman–Crippen MR) is 107 cm³/mol. The molecule has 1 saturated heterocycles. The van der Waals surface area contributed by atoms with E-state index in [1.165, 1.54) is 26.7 Å². The number of halogens is 1. The minimum absolute atomic E-state index is 0. The maximum atomic E-state index is 12.9. The fourth-order valence-corrected chi connectivity index (χ4v) is 4.46. The van der Waals surface area contributed by atoms with Crippen molar-refractivity contribution in [3.63, 3.8) is 0 Å². The van der Waals surface area contributed by atoms with Crippen molar-refractivity contribution in [1.82, 2.24) is 10.6 Å². The van der Waals surface area contributed by atoms with E-state index in [9.17, 15) is 14.9 Å². The van der Waals surface area contributed by atoms with Crippen molar-refractivity contribution in [2.24, 2.45) is 11.3 Å². The highest BCUT2D eigenvalue weighted by Gasteiger charge is 2.49. The fourth-order valence-electron chi connectivity index (χ4n) is 4.46. The molecular formula is C19H28ClN3O5. The Morgan fingerprint density at radius 3 is 2.71 bits per heavy atom. The largest absolute Gasteiger partial charge is 0.493 e. The number of nitro benzene ring substituents is 1. The molecule has 28 heavy (non-hydrogen) atoms. The van der Waals surface area contributed by atoms with E-state index in [-0.39, 0.29) is 29.4 Å². The predicted octanol–water partition coefficient (Wildman–Crippen LogP) is 2.47. The molecule has 9 heteroatoms. The first kappa shape index (κ1) is 22.2. The maximum Gasteiger partial charge on any atom is 0.276 e. The molecule has 1 amide bonds. The molecule has 2 fully saturated rings. The standard InChI is InChI=1S/C19H27N3O5.ClH/c1-26-16-9-13(15(22(24)25)10-17(16)27-2)6-8-21-18(23)19-7-4-3-5-14(19)11-20-12-19;/h9-10,14,20H,3-8,11-12H2,1-2H3,(H,21,23);1H/t14-,19+;/m0./s1. The highest BCUT2D eigenvalue weighted by Crippen LogP contribution is 2.44. The Morgan fingerprint density at radius 2 is 2.04 bits per heavy atom. The van der Waals surface area contributed by atoms with Crippen LogP contribution in [0.1, 0.15) is 31.2 Å². The van der Waals surface area contributed by atoms with Crippen LogP contribution in [0.5, 0.6) is 11.5 Å². The first-order valence-corrected chi connectivity index (χ1v) is 9.40. The number of fused-ring (bicyclic) bond motifs is 1. The van der Waals surface area contributed by atoms with Crippen molar-refractivity contribution >= 4 is 24.0 Å². The molecule has 0 spiro atoms. The third-order valence-electron chi connectivity index (χ3n) is 5.95. The quantitative estimate of drug-likeness (QED) is 0.525. The number of hydrogen-bond donors (Lipinski definition) is 2. The van der Waals surface area contributed by atoms with Gasteiger partial charge in [-0.3, -0.25) is 14.9 Å². The molecule has 1 aliphatic carbocycles. The molecule has 2 aliphatic rings. The van der Waals surface area contributed by atoms with Gasteiger partial charge in [-0.05, 0) is 37.8 Å². The van der Waals surface area contributed by atoms with E-state index < -0.39 is 4.92 Å². The van der Waals surface area contributed by atoms with Crippen LogP contribution in [-0.2, 0) is 11.2 Å². The second kappa shape index (κ2) is 9.43. The van der Waals surface area contributed by atoms with E-state index in [0.717, 1.165) is 32.4 Å². The Balaban J connectivity index is 0.00000280. The van der Waals surface area contributed by atoms with Gasteiger partial charge in [-0.15, -0.1) is 12.4 Å². The summed E-state index contributed by atoms with van der Waals surface area (Å²) in [5.41, 5.74) is 0.167. The molecule has 8 nitrogen and oxygen atoms in total. The smallest absolute Gasteiger partial charge is 0.276 e. The van der Waals surface area contributed by atoms with Gasteiger partial charge in [0.05, 0.1) is 30.6 Å². The molecule has 0 unspecified atom stereocenters. The molecular weight excluding hydrogens is 386 g/mol. The van der Waals surface area contributed by atoms with Crippen LogP contribution in [0.3, 0.4) is 0 Å². The van der Waals surface area contributed by atoms with E-state index in [0.29, 0.717) is 35.9 Å².